The largest absolute Gasteiger partial charge is 0.497 e. The van der Waals surface area contributed by atoms with Gasteiger partial charge >= 0.3 is 6.18 Å². The third kappa shape index (κ3) is 4.34. The maximum Gasteiger partial charge on any atom is 0.408 e. The lowest BCUT2D eigenvalue weighted by molar-refractivity contribution is -0.142. The van der Waals surface area contributed by atoms with Gasteiger partial charge in [-0.2, -0.15) is 13.2 Å². The third-order valence-corrected chi connectivity index (χ3v) is 2.87. The highest BCUT2D eigenvalue weighted by molar-refractivity contribution is 5.42. The van der Waals surface area contributed by atoms with Crippen molar-refractivity contribution in [2.45, 2.75) is 18.6 Å². The summed E-state index contributed by atoms with van der Waals surface area (Å²) < 4.78 is 44.4. The Morgan fingerprint density at radius 3 is 2.52 bits per heavy atom. The molecule has 2 aromatic heterocycles. The van der Waals surface area contributed by atoms with Crippen molar-refractivity contribution in [3.05, 3.63) is 48.4 Å². The molecule has 2 aromatic rings. The SMILES string of the molecule is COc1ccnc(N[C@H](Cc2ccncc2)C(F)(F)F)c1. The van der Waals surface area contributed by atoms with Crippen molar-refractivity contribution in [1.82, 2.24) is 9.97 Å². The molecule has 0 aliphatic heterocycles. The number of aromatic nitrogens is 2. The lowest BCUT2D eigenvalue weighted by Gasteiger charge is -2.22. The molecule has 0 saturated carbocycles. The minimum atomic E-state index is -4.39. The zero-order valence-electron chi connectivity index (χ0n) is 11.3. The van der Waals surface area contributed by atoms with Crippen LogP contribution in [0.15, 0.2) is 42.9 Å². The Kier molecular flexibility index (Phi) is 4.62. The number of ether oxygens (including phenoxy) is 1. The van der Waals surface area contributed by atoms with Gasteiger partial charge in [0.05, 0.1) is 7.11 Å². The number of nitrogens with one attached hydrogen (secondary N) is 1. The van der Waals surface area contributed by atoms with E-state index in [2.05, 4.69) is 15.3 Å². The lowest BCUT2D eigenvalue weighted by atomic mass is 10.1. The van der Waals surface area contributed by atoms with Gasteiger partial charge in [0.2, 0.25) is 0 Å². The van der Waals surface area contributed by atoms with Gasteiger partial charge in [0.25, 0.3) is 0 Å². The average Bonchev–Trinajstić information content (AvgIpc) is 2.47. The summed E-state index contributed by atoms with van der Waals surface area (Å²) >= 11 is 0. The van der Waals surface area contributed by atoms with Crippen LogP contribution in [0.25, 0.3) is 0 Å². The van der Waals surface area contributed by atoms with E-state index in [9.17, 15) is 13.2 Å². The van der Waals surface area contributed by atoms with Gasteiger partial charge in [-0.3, -0.25) is 4.98 Å². The van der Waals surface area contributed by atoms with E-state index in [4.69, 9.17) is 4.74 Å². The minimum Gasteiger partial charge on any atom is -0.497 e. The Morgan fingerprint density at radius 1 is 1.19 bits per heavy atom. The minimum absolute atomic E-state index is 0.116. The monoisotopic (exact) mass is 297 g/mol. The molecule has 0 radical (unpaired) electrons. The predicted molar refractivity (Wildman–Crippen MR) is 72.2 cm³/mol. The standard InChI is InChI=1S/C14H14F3N3O/c1-21-11-4-7-19-13(9-11)20-12(14(15,16)17)8-10-2-5-18-6-3-10/h2-7,9,12H,8H2,1H3,(H,19,20)/t12-/m1/s1. The van der Waals surface area contributed by atoms with E-state index in [1.54, 1.807) is 18.2 Å². The molecule has 0 aromatic carbocycles. The fraction of sp³-hybridized carbons (Fsp3) is 0.286. The number of methoxy groups -OCH3 is 1. The molecule has 0 amide bonds. The predicted octanol–water partition coefficient (Wildman–Crippen LogP) is 3.07. The van der Waals surface area contributed by atoms with Crippen molar-refractivity contribution in [3.63, 3.8) is 0 Å². The summed E-state index contributed by atoms with van der Waals surface area (Å²) in [5.74, 6) is 0.558. The van der Waals surface area contributed by atoms with E-state index in [0.29, 0.717) is 11.3 Å². The fourth-order valence-corrected chi connectivity index (χ4v) is 1.80. The number of nitrogens with zero attached hydrogens (tertiary/aromatic N) is 2. The average molecular weight is 297 g/mol. The highest BCUT2D eigenvalue weighted by Crippen LogP contribution is 2.26. The smallest absolute Gasteiger partial charge is 0.408 e. The Bertz CT molecular complexity index is 575. The van der Waals surface area contributed by atoms with Crippen LogP contribution in [0.3, 0.4) is 0 Å². The van der Waals surface area contributed by atoms with Crippen LogP contribution in [0.2, 0.25) is 0 Å². The number of hydrogen-bond acceptors (Lipinski definition) is 4. The summed E-state index contributed by atoms with van der Waals surface area (Å²) in [5, 5.41) is 2.41. The van der Waals surface area contributed by atoms with Crippen LogP contribution >= 0.6 is 0 Å². The van der Waals surface area contributed by atoms with E-state index in [-0.39, 0.29) is 12.2 Å². The number of hydrogen-bond donors (Lipinski definition) is 1. The molecule has 21 heavy (non-hydrogen) atoms. The van der Waals surface area contributed by atoms with Gasteiger partial charge < -0.3 is 10.1 Å². The zero-order chi connectivity index (χ0) is 15.3. The molecular weight excluding hydrogens is 283 g/mol. The normalized spacial score (nSPS) is 12.8. The van der Waals surface area contributed by atoms with E-state index < -0.39 is 12.2 Å². The number of rotatable bonds is 5. The van der Waals surface area contributed by atoms with Gasteiger partial charge in [-0.25, -0.2) is 4.98 Å². The summed E-state index contributed by atoms with van der Waals surface area (Å²) in [6.45, 7) is 0. The summed E-state index contributed by atoms with van der Waals surface area (Å²) in [5.41, 5.74) is 0.544. The number of alkyl halides is 3. The van der Waals surface area contributed by atoms with Crippen LogP contribution in [0.1, 0.15) is 5.56 Å². The van der Waals surface area contributed by atoms with Crippen LogP contribution < -0.4 is 10.1 Å². The van der Waals surface area contributed by atoms with Gasteiger partial charge in [-0.1, -0.05) is 0 Å². The maximum absolute atomic E-state index is 13.1. The van der Waals surface area contributed by atoms with Crippen molar-refractivity contribution in [3.8, 4) is 5.75 Å². The molecule has 0 aliphatic rings. The maximum atomic E-state index is 13.1. The van der Waals surface area contributed by atoms with Crippen LogP contribution in [0.5, 0.6) is 5.75 Å². The molecular formula is C14H14F3N3O. The van der Waals surface area contributed by atoms with Crippen molar-refractivity contribution < 1.29 is 17.9 Å². The van der Waals surface area contributed by atoms with E-state index in [1.165, 1.54) is 31.8 Å². The molecule has 1 atom stereocenters. The summed E-state index contributed by atoms with van der Waals surface area (Å²) in [6.07, 6.45) is -0.279. The first-order chi connectivity index (χ1) is 9.99. The van der Waals surface area contributed by atoms with E-state index in [1.807, 2.05) is 0 Å². The summed E-state index contributed by atoms with van der Waals surface area (Å²) in [7, 11) is 1.44. The lowest BCUT2D eigenvalue weighted by Crippen LogP contribution is -2.38. The molecule has 2 rings (SSSR count). The molecule has 0 spiro atoms. The number of pyridine rings is 2. The first-order valence-electron chi connectivity index (χ1n) is 6.21. The first kappa shape index (κ1) is 15.1. The summed E-state index contributed by atoms with van der Waals surface area (Å²) in [6, 6.07) is 4.36. The molecule has 112 valence electrons. The van der Waals surface area contributed by atoms with Gasteiger partial charge in [0.1, 0.15) is 17.6 Å². The van der Waals surface area contributed by atoms with E-state index in [0.717, 1.165) is 0 Å². The van der Waals surface area contributed by atoms with Crippen LogP contribution in [0, 0.1) is 0 Å². The van der Waals surface area contributed by atoms with Gasteiger partial charge in [-0.15, -0.1) is 0 Å². The second kappa shape index (κ2) is 6.43. The topological polar surface area (TPSA) is 47.0 Å². The molecule has 7 heteroatoms. The Labute approximate surface area is 120 Å². The molecule has 0 saturated heterocycles. The molecule has 0 fully saturated rings. The van der Waals surface area contributed by atoms with Crippen molar-refractivity contribution >= 4 is 5.82 Å². The van der Waals surface area contributed by atoms with Crippen molar-refractivity contribution in [2.24, 2.45) is 0 Å². The molecule has 4 nitrogen and oxygen atoms in total. The molecule has 1 N–H and O–H groups in total. The molecule has 0 bridgehead atoms. The highest BCUT2D eigenvalue weighted by Gasteiger charge is 2.39. The quantitative estimate of drug-likeness (QED) is 0.921. The first-order valence-corrected chi connectivity index (χ1v) is 6.21. The van der Waals surface area contributed by atoms with Crippen molar-refractivity contribution in [2.75, 3.05) is 12.4 Å². The van der Waals surface area contributed by atoms with Crippen molar-refractivity contribution in [1.29, 1.82) is 0 Å². The Balaban J connectivity index is 2.17. The van der Waals surface area contributed by atoms with Crippen LogP contribution in [-0.4, -0.2) is 29.3 Å². The molecule has 0 unspecified atom stereocenters. The highest BCUT2D eigenvalue weighted by atomic mass is 19.4. The second-order valence-corrected chi connectivity index (χ2v) is 4.38. The molecule has 2 heterocycles. The third-order valence-electron chi connectivity index (χ3n) is 2.87. The summed E-state index contributed by atoms with van der Waals surface area (Å²) in [4.78, 5) is 7.67. The molecule has 0 aliphatic carbocycles. The van der Waals surface area contributed by atoms with Gasteiger partial charge in [0.15, 0.2) is 0 Å². The van der Waals surface area contributed by atoms with Gasteiger partial charge in [0, 0.05) is 31.1 Å². The van der Waals surface area contributed by atoms with Crippen LogP contribution in [0.4, 0.5) is 19.0 Å². The number of anilines is 1. The Hall–Kier alpha value is -2.31. The fourth-order valence-electron chi connectivity index (χ4n) is 1.80. The number of halogens is 3. The second-order valence-electron chi connectivity index (χ2n) is 4.38. The van der Waals surface area contributed by atoms with E-state index >= 15 is 0 Å². The Morgan fingerprint density at radius 2 is 1.90 bits per heavy atom. The van der Waals surface area contributed by atoms with Gasteiger partial charge in [-0.05, 0) is 23.8 Å². The zero-order valence-corrected chi connectivity index (χ0v) is 11.3. The van der Waals surface area contributed by atoms with Crippen LogP contribution in [-0.2, 0) is 6.42 Å².